The van der Waals surface area contributed by atoms with Crippen LogP contribution >= 0.6 is 0 Å². The molecule has 18 heavy (non-hydrogen) atoms. The molecular formula is C11H14N2O5. The Kier molecular flexibility index (Phi) is 3.08. The van der Waals surface area contributed by atoms with Gasteiger partial charge in [0.25, 0.3) is 5.91 Å². The van der Waals surface area contributed by atoms with Crippen LogP contribution in [0.25, 0.3) is 0 Å². The van der Waals surface area contributed by atoms with Crippen molar-refractivity contribution in [3.05, 3.63) is 28.0 Å². The van der Waals surface area contributed by atoms with Gasteiger partial charge in [0.1, 0.15) is 4.92 Å². The summed E-state index contributed by atoms with van der Waals surface area (Å²) in [5, 5.41) is 20.4. The van der Waals surface area contributed by atoms with Crippen LogP contribution in [0.5, 0.6) is 0 Å². The zero-order valence-corrected chi connectivity index (χ0v) is 9.96. The SMILES string of the molecule is CCCC1(O)CN(C(=O)c2ccc([N+](=O)[O-])o2)C1. The van der Waals surface area contributed by atoms with E-state index in [2.05, 4.69) is 0 Å². The van der Waals surface area contributed by atoms with Crippen molar-refractivity contribution in [2.24, 2.45) is 0 Å². The summed E-state index contributed by atoms with van der Waals surface area (Å²) in [6.07, 6.45) is 1.47. The van der Waals surface area contributed by atoms with Crippen LogP contribution in [0.2, 0.25) is 0 Å². The van der Waals surface area contributed by atoms with Gasteiger partial charge in [0.05, 0.1) is 24.8 Å². The van der Waals surface area contributed by atoms with Crippen LogP contribution in [0.3, 0.4) is 0 Å². The van der Waals surface area contributed by atoms with E-state index in [0.29, 0.717) is 6.42 Å². The number of hydrogen-bond donors (Lipinski definition) is 1. The Morgan fingerprint density at radius 3 is 2.78 bits per heavy atom. The highest BCUT2D eigenvalue weighted by Gasteiger charge is 2.43. The molecule has 2 heterocycles. The van der Waals surface area contributed by atoms with Gasteiger partial charge in [-0.05, 0) is 12.5 Å². The molecule has 1 aromatic rings. The summed E-state index contributed by atoms with van der Waals surface area (Å²) in [6, 6.07) is 2.42. The molecule has 1 aliphatic rings. The topological polar surface area (TPSA) is 96.8 Å². The molecule has 1 aliphatic heterocycles. The van der Waals surface area contributed by atoms with Gasteiger partial charge in [-0.1, -0.05) is 13.3 Å². The number of likely N-dealkylation sites (tertiary alicyclic amines) is 1. The summed E-state index contributed by atoms with van der Waals surface area (Å²) in [4.78, 5) is 23.0. The van der Waals surface area contributed by atoms with Crippen molar-refractivity contribution in [1.29, 1.82) is 0 Å². The lowest BCUT2D eigenvalue weighted by molar-refractivity contribution is -0.402. The summed E-state index contributed by atoms with van der Waals surface area (Å²) >= 11 is 0. The molecule has 0 aromatic carbocycles. The molecule has 0 aliphatic carbocycles. The van der Waals surface area contributed by atoms with Crippen molar-refractivity contribution in [1.82, 2.24) is 4.90 Å². The van der Waals surface area contributed by atoms with E-state index in [1.165, 1.54) is 11.0 Å². The first-order chi connectivity index (χ1) is 8.45. The number of carbonyl (C=O) groups excluding carboxylic acids is 1. The van der Waals surface area contributed by atoms with Gasteiger partial charge in [-0.2, -0.15) is 0 Å². The molecule has 0 radical (unpaired) electrons. The quantitative estimate of drug-likeness (QED) is 0.642. The minimum Gasteiger partial charge on any atom is -0.395 e. The zero-order chi connectivity index (χ0) is 13.3. The van der Waals surface area contributed by atoms with Gasteiger partial charge >= 0.3 is 5.88 Å². The average Bonchev–Trinajstić information content (AvgIpc) is 2.74. The van der Waals surface area contributed by atoms with E-state index >= 15 is 0 Å². The number of aliphatic hydroxyl groups is 1. The van der Waals surface area contributed by atoms with Gasteiger partial charge in [0, 0.05) is 0 Å². The molecule has 2 rings (SSSR count). The maximum absolute atomic E-state index is 11.9. The number of nitro groups is 1. The maximum atomic E-state index is 11.9. The molecule has 0 atom stereocenters. The van der Waals surface area contributed by atoms with Crippen molar-refractivity contribution >= 4 is 11.8 Å². The molecule has 0 saturated carbocycles. The second-order valence-corrected chi connectivity index (χ2v) is 4.53. The molecule has 1 saturated heterocycles. The minimum absolute atomic E-state index is 0.0692. The number of nitrogens with zero attached hydrogens (tertiary/aromatic N) is 2. The van der Waals surface area contributed by atoms with Crippen LogP contribution in [0.1, 0.15) is 30.3 Å². The first-order valence-electron chi connectivity index (χ1n) is 5.71. The van der Waals surface area contributed by atoms with Crippen molar-refractivity contribution < 1.29 is 19.2 Å². The highest BCUT2D eigenvalue weighted by molar-refractivity contribution is 5.92. The van der Waals surface area contributed by atoms with Gasteiger partial charge in [-0.25, -0.2) is 0 Å². The second-order valence-electron chi connectivity index (χ2n) is 4.53. The molecule has 0 spiro atoms. The molecule has 1 fully saturated rings. The summed E-state index contributed by atoms with van der Waals surface area (Å²) in [5.41, 5.74) is -0.817. The first kappa shape index (κ1) is 12.6. The molecule has 0 unspecified atom stereocenters. The minimum atomic E-state index is -0.817. The van der Waals surface area contributed by atoms with Gasteiger partial charge in [-0.3, -0.25) is 14.9 Å². The lowest BCUT2D eigenvalue weighted by Crippen LogP contribution is -2.63. The normalized spacial score (nSPS) is 17.3. The Labute approximate surface area is 103 Å². The fraction of sp³-hybridized carbons (Fsp3) is 0.545. The third-order valence-electron chi connectivity index (χ3n) is 2.96. The highest BCUT2D eigenvalue weighted by atomic mass is 16.6. The molecule has 98 valence electrons. The maximum Gasteiger partial charge on any atom is 0.433 e. The number of amides is 1. The van der Waals surface area contributed by atoms with Crippen LogP contribution in [-0.4, -0.2) is 39.5 Å². The van der Waals surface area contributed by atoms with Crippen molar-refractivity contribution in [3.8, 4) is 0 Å². The number of furan rings is 1. The zero-order valence-electron chi connectivity index (χ0n) is 9.96. The molecule has 1 amide bonds. The fourth-order valence-corrected chi connectivity index (χ4v) is 2.13. The Balaban J connectivity index is 1.99. The van der Waals surface area contributed by atoms with E-state index in [0.717, 1.165) is 12.5 Å². The lowest BCUT2D eigenvalue weighted by Gasteiger charge is -2.46. The third kappa shape index (κ3) is 2.21. The summed E-state index contributed by atoms with van der Waals surface area (Å²) in [7, 11) is 0. The van der Waals surface area contributed by atoms with E-state index < -0.39 is 22.3 Å². The predicted octanol–water partition coefficient (Wildman–Crippen LogP) is 1.17. The molecule has 1 N–H and O–H groups in total. The van der Waals surface area contributed by atoms with E-state index in [-0.39, 0.29) is 18.8 Å². The molecular weight excluding hydrogens is 240 g/mol. The number of hydrogen-bond acceptors (Lipinski definition) is 5. The second kappa shape index (κ2) is 4.41. The third-order valence-corrected chi connectivity index (χ3v) is 2.96. The summed E-state index contributed by atoms with van der Waals surface area (Å²) < 4.78 is 4.82. The van der Waals surface area contributed by atoms with E-state index in [4.69, 9.17) is 4.42 Å². The summed E-state index contributed by atoms with van der Waals surface area (Å²) in [6.45, 7) is 2.45. The Morgan fingerprint density at radius 1 is 1.61 bits per heavy atom. The van der Waals surface area contributed by atoms with Gasteiger partial charge in [-0.15, -0.1) is 0 Å². The van der Waals surface area contributed by atoms with Crippen LogP contribution in [0.15, 0.2) is 16.5 Å². The number of rotatable bonds is 4. The van der Waals surface area contributed by atoms with E-state index in [1.807, 2.05) is 6.92 Å². The van der Waals surface area contributed by atoms with Crippen LogP contribution in [0.4, 0.5) is 5.88 Å². The van der Waals surface area contributed by atoms with E-state index in [9.17, 15) is 20.0 Å². The Morgan fingerprint density at radius 2 is 2.28 bits per heavy atom. The number of β-amino-alcohol motifs (C(OH)–C–C–N with tert-alkyl or cyclic N) is 1. The number of carbonyl (C=O) groups is 1. The van der Waals surface area contributed by atoms with Crippen LogP contribution in [-0.2, 0) is 0 Å². The lowest BCUT2D eigenvalue weighted by atomic mass is 9.89. The molecule has 0 bridgehead atoms. The molecule has 1 aromatic heterocycles. The van der Waals surface area contributed by atoms with Crippen molar-refractivity contribution in [3.63, 3.8) is 0 Å². The standard InChI is InChI=1S/C11H14N2O5/c1-2-5-11(15)6-12(7-11)10(14)8-3-4-9(18-8)13(16)17/h3-4,15H,2,5-7H2,1H3. The summed E-state index contributed by atoms with van der Waals surface area (Å²) in [5.74, 6) is -0.952. The highest BCUT2D eigenvalue weighted by Crippen LogP contribution is 2.28. The van der Waals surface area contributed by atoms with Gasteiger partial charge < -0.3 is 14.4 Å². The average molecular weight is 254 g/mol. The van der Waals surface area contributed by atoms with Crippen LogP contribution < -0.4 is 0 Å². The predicted molar refractivity (Wildman–Crippen MR) is 61.1 cm³/mol. The monoisotopic (exact) mass is 254 g/mol. The van der Waals surface area contributed by atoms with Gasteiger partial charge in [0.15, 0.2) is 5.76 Å². The van der Waals surface area contributed by atoms with Crippen molar-refractivity contribution in [2.45, 2.75) is 25.4 Å². The Hall–Kier alpha value is -1.89. The van der Waals surface area contributed by atoms with Gasteiger partial charge in [0.2, 0.25) is 0 Å². The fourth-order valence-electron chi connectivity index (χ4n) is 2.13. The molecule has 7 heteroatoms. The largest absolute Gasteiger partial charge is 0.433 e. The van der Waals surface area contributed by atoms with Crippen LogP contribution in [0, 0.1) is 10.1 Å². The Bertz CT molecular complexity index is 476. The first-order valence-corrected chi connectivity index (χ1v) is 5.71. The smallest absolute Gasteiger partial charge is 0.395 e. The molecule has 7 nitrogen and oxygen atoms in total. The van der Waals surface area contributed by atoms with E-state index in [1.54, 1.807) is 0 Å². The van der Waals surface area contributed by atoms with Crippen molar-refractivity contribution in [2.75, 3.05) is 13.1 Å².